The van der Waals surface area contributed by atoms with E-state index in [1.165, 1.54) is 12.8 Å². The van der Waals surface area contributed by atoms with E-state index in [2.05, 4.69) is 20.5 Å². The van der Waals surface area contributed by atoms with E-state index in [1.807, 2.05) is 0 Å². The van der Waals surface area contributed by atoms with Gasteiger partial charge in [-0.05, 0) is 19.4 Å². The second-order valence-corrected chi connectivity index (χ2v) is 3.93. The Morgan fingerprint density at radius 3 is 3.20 bits per heavy atom. The number of ether oxygens (including phenoxy) is 1. The molecule has 0 radical (unpaired) electrons. The van der Waals surface area contributed by atoms with Gasteiger partial charge in [-0.3, -0.25) is 5.10 Å². The molecule has 1 aliphatic heterocycles. The summed E-state index contributed by atoms with van der Waals surface area (Å²) in [6.45, 7) is 2.82. The molecule has 5 nitrogen and oxygen atoms in total. The van der Waals surface area contributed by atoms with Crippen LogP contribution in [-0.2, 0) is 11.2 Å². The Hall–Kier alpha value is -0.940. The molecule has 1 atom stereocenters. The second kappa shape index (κ2) is 5.23. The highest BCUT2D eigenvalue weighted by Gasteiger charge is 2.19. The fraction of sp³-hybridized carbons (Fsp3) is 0.800. The summed E-state index contributed by atoms with van der Waals surface area (Å²) in [5, 5.41) is 10.6. The lowest BCUT2D eigenvalue weighted by Gasteiger charge is -2.19. The monoisotopic (exact) mass is 210 g/mol. The van der Waals surface area contributed by atoms with E-state index in [9.17, 15) is 0 Å². The van der Waals surface area contributed by atoms with E-state index in [0.717, 1.165) is 31.2 Å². The van der Waals surface area contributed by atoms with Gasteiger partial charge in [-0.25, -0.2) is 4.98 Å². The number of piperidine rings is 1. The molecule has 1 fully saturated rings. The minimum absolute atomic E-state index is 0.478. The van der Waals surface area contributed by atoms with Crippen molar-refractivity contribution in [1.82, 2.24) is 20.5 Å². The van der Waals surface area contributed by atoms with Crippen LogP contribution in [-0.4, -0.2) is 42.0 Å². The van der Waals surface area contributed by atoms with Crippen LogP contribution >= 0.6 is 0 Å². The van der Waals surface area contributed by atoms with E-state index >= 15 is 0 Å². The fourth-order valence-electron chi connectivity index (χ4n) is 1.88. The van der Waals surface area contributed by atoms with Crippen molar-refractivity contribution in [3.05, 3.63) is 11.6 Å². The first-order valence-corrected chi connectivity index (χ1v) is 5.51. The summed E-state index contributed by atoms with van der Waals surface area (Å²) in [6.07, 6.45) is 3.21. The van der Waals surface area contributed by atoms with Gasteiger partial charge in [-0.2, -0.15) is 5.10 Å². The van der Waals surface area contributed by atoms with Crippen LogP contribution in [0, 0.1) is 0 Å². The average Bonchev–Trinajstić information content (AvgIpc) is 2.76. The summed E-state index contributed by atoms with van der Waals surface area (Å²) < 4.78 is 5.00. The van der Waals surface area contributed by atoms with Crippen molar-refractivity contribution in [2.75, 3.05) is 26.8 Å². The summed E-state index contributed by atoms with van der Waals surface area (Å²) in [4.78, 5) is 4.48. The zero-order valence-corrected chi connectivity index (χ0v) is 9.12. The molecule has 1 aliphatic rings. The Morgan fingerprint density at radius 2 is 2.47 bits per heavy atom. The summed E-state index contributed by atoms with van der Waals surface area (Å²) in [5.41, 5.74) is 0. The molecular formula is C10H18N4O. The smallest absolute Gasteiger partial charge is 0.155 e. The molecule has 1 saturated heterocycles. The van der Waals surface area contributed by atoms with Crippen LogP contribution in [0.2, 0.25) is 0 Å². The van der Waals surface area contributed by atoms with Crippen molar-refractivity contribution >= 4 is 0 Å². The van der Waals surface area contributed by atoms with Gasteiger partial charge in [0.15, 0.2) is 5.82 Å². The van der Waals surface area contributed by atoms with Gasteiger partial charge in [0.05, 0.1) is 6.61 Å². The van der Waals surface area contributed by atoms with Gasteiger partial charge in [0.25, 0.3) is 0 Å². The number of aromatic nitrogens is 3. The predicted molar refractivity (Wildman–Crippen MR) is 56.8 cm³/mol. The lowest BCUT2D eigenvalue weighted by Crippen LogP contribution is -2.28. The van der Waals surface area contributed by atoms with Crippen LogP contribution in [0.5, 0.6) is 0 Å². The van der Waals surface area contributed by atoms with Gasteiger partial charge in [0, 0.05) is 26.0 Å². The van der Waals surface area contributed by atoms with E-state index < -0.39 is 0 Å². The third-order valence-electron chi connectivity index (χ3n) is 2.75. The number of H-pyrrole nitrogens is 1. The number of nitrogens with zero attached hydrogens (tertiary/aromatic N) is 2. The molecule has 0 aliphatic carbocycles. The van der Waals surface area contributed by atoms with Crippen molar-refractivity contribution in [3.63, 3.8) is 0 Å². The minimum atomic E-state index is 0.478. The van der Waals surface area contributed by atoms with Gasteiger partial charge < -0.3 is 10.1 Å². The van der Waals surface area contributed by atoms with E-state index in [0.29, 0.717) is 12.5 Å². The van der Waals surface area contributed by atoms with Crippen LogP contribution in [0.15, 0.2) is 0 Å². The van der Waals surface area contributed by atoms with Crippen LogP contribution in [0.1, 0.15) is 30.4 Å². The number of hydrogen-bond donors (Lipinski definition) is 2. The summed E-state index contributed by atoms with van der Waals surface area (Å²) >= 11 is 0. The minimum Gasteiger partial charge on any atom is -0.384 e. The molecular weight excluding hydrogens is 192 g/mol. The Morgan fingerprint density at radius 1 is 1.53 bits per heavy atom. The third kappa shape index (κ3) is 2.76. The topological polar surface area (TPSA) is 62.8 Å². The summed E-state index contributed by atoms with van der Waals surface area (Å²) in [6, 6.07) is 0. The van der Waals surface area contributed by atoms with Crippen LogP contribution in [0.4, 0.5) is 0 Å². The molecule has 0 spiro atoms. The van der Waals surface area contributed by atoms with Crippen LogP contribution in [0.3, 0.4) is 0 Å². The Labute approximate surface area is 89.6 Å². The molecule has 0 aromatic carbocycles. The molecule has 5 heteroatoms. The lowest BCUT2D eigenvalue weighted by molar-refractivity contribution is 0.200. The second-order valence-electron chi connectivity index (χ2n) is 3.93. The van der Waals surface area contributed by atoms with Crippen LogP contribution < -0.4 is 5.32 Å². The maximum atomic E-state index is 5.00. The SMILES string of the molecule is COCCc1nc(C2CCCNC2)n[nH]1. The molecule has 2 N–H and O–H groups in total. The highest BCUT2D eigenvalue weighted by atomic mass is 16.5. The molecule has 0 saturated carbocycles. The van der Waals surface area contributed by atoms with E-state index in [4.69, 9.17) is 4.74 Å². The zero-order chi connectivity index (χ0) is 10.5. The lowest BCUT2D eigenvalue weighted by atomic mass is 9.99. The number of aromatic amines is 1. The first kappa shape index (κ1) is 10.6. The molecule has 2 rings (SSSR count). The molecule has 1 aromatic rings. The maximum absolute atomic E-state index is 5.00. The van der Waals surface area contributed by atoms with Gasteiger partial charge in [-0.15, -0.1) is 0 Å². The highest BCUT2D eigenvalue weighted by Crippen LogP contribution is 2.19. The molecule has 2 heterocycles. The van der Waals surface area contributed by atoms with Crippen molar-refractivity contribution in [3.8, 4) is 0 Å². The third-order valence-corrected chi connectivity index (χ3v) is 2.75. The fourth-order valence-corrected chi connectivity index (χ4v) is 1.88. The highest BCUT2D eigenvalue weighted by molar-refractivity contribution is 5.00. The quantitative estimate of drug-likeness (QED) is 0.758. The number of nitrogens with one attached hydrogen (secondary N) is 2. The first-order chi connectivity index (χ1) is 7.40. The van der Waals surface area contributed by atoms with Gasteiger partial charge in [-0.1, -0.05) is 0 Å². The molecule has 84 valence electrons. The number of hydrogen-bond acceptors (Lipinski definition) is 4. The van der Waals surface area contributed by atoms with Gasteiger partial charge in [0.1, 0.15) is 5.82 Å². The maximum Gasteiger partial charge on any atom is 0.155 e. The summed E-state index contributed by atoms with van der Waals surface area (Å²) in [7, 11) is 1.70. The normalized spacial score (nSPS) is 21.8. The standard InChI is InChI=1S/C10H18N4O/c1-15-6-4-9-12-10(14-13-9)8-3-2-5-11-7-8/h8,11H,2-7H2,1H3,(H,12,13,14). The van der Waals surface area contributed by atoms with E-state index in [-0.39, 0.29) is 0 Å². The largest absolute Gasteiger partial charge is 0.384 e. The van der Waals surface area contributed by atoms with Crippen molar-refractivity contribution in [2.24, 2.45) is 0 Å². The molecule has 0 amide bonds. The Kier molecular flexibility index (Phi) is 3.69. The van der Waals surface area contributed by atoms with Crippen molar-refractivity contribution in [2.45, 2.75) is 25.2 Å². The van der Waals surface area contributed by atoms with Crippen molar-refractivity contribution < 1.29 is 4.74 Å². The number of rotatable bonds is 4. The molecule has 1 unspecified atom stereocenters. The van der Waals surface area contributed by atoms with Gasteiger partial charge in [0.2, 0.25) is 0 Å². The molecule has 1 aromatic heterocycles. The van der Waals surface area contributed by atoms with Crippen LogP contribution in [0.25, 0.3) is 0 Å². The average molecular weight is 210 g/mol. The number of methoxy groups -OCH3 is 1. The summed E-state index contributed by atoms with van der Waals surface area (Å²) in [5.74, 6) is 2.36. The predicted octanol–water partition coefficient (Wildman–Crippen LogP) is 0.461. The first-order valence-electron chi connectivity index (χ1n) is 5.51. The molecule has 0 bridgehead atoms. The van der Waals surface area contributed by atoms with E-state index in [1.54, 1.807) is 7.11 Å². The van der Waals surface area contributed by atoms with Crippen molar-refractivity contribution in [1.29, 1.82) is 0 Å². The Balaban J connectivity index is 1.93. The van der Waals surface area contributed by atoms with Gasteiger partial charge >= 0.3 is 0 Å². The molecule has 15 heavy (non-hydrogen) atoms. The Bertz CT molecular complexity index is 293. The zero-order valence-electron chi connectivity index (χ0n) is 9.12.